The van der Waals surface area contributed by atoms with E-state index in [4.69, 9.17) is 11.6 Å². The Labute approximate surface area is 139 Å². The first-order valence-corrected chi connectivity index (χ1v) is 8.75. The van der Waals surface area contributed by atoms with Crippen LogP contribution >= 0.6 is 11.6 Å². The fourth-order valence-electron chi connectivity index (χ4n) is 2.95. The number of amides is 2. The third-order valence-electron chi connectivity index (χ3n) is 4.27. The third-order valence-corrected chi connectivity index (χ3v) is 4.52. The SMILES string of the molecule is CC(C)CCNC(=O)N1CCCCC[C@@H]1c1ccc(Cl)cc1. The molecular formula is C18H27ClN2O. The average molecular weight is 323 g/mol. The number of carbonyl (C=O) groups is 1. The van der Waals surface area contributed by atoms with Gasteiger partial charge in [-0.3, -0.25) is 0 Å². The number of rotatable bonds is 4. The number of hydrogen-bond donors (Lipinski definition) is 1. The van der Waals surface area contributed by atoms with Crippen LogP contribution in [0.3, 0.4) is 0 Å². The number of carbonyl (C=O) groups excluding carboxylic acids is 1. The number of hydrogen-bond acceptors (Lipinski definition) is 1. The Hall–Kier alpha value is -1.22. The van der Waals surface area contributed by atoms with Crippen molar-refractivity contribution in [3.8, 4) is 0 Å². The Morgan fingerprint density at radius 3 is 2.68 bits per heavy atom. The van der Waals surface area contributed by atoms with Crippen molar-refractivity contribution in [2.75, 3.05) is 13.1 Å². The van der Waals surface area contributed by atoms with Gasteiger partial charge in [0.25, 0.3) is 0 Å². The van der Waals surface area contributed by atoms with Crippen LogP contribution in [0.1, 0.15) is 57.6 Å². The molecule has 122 valence electrons. The van der Waals surface area contributed by atoms with Gasteiger partial charge in [-0.25, -0.2) is 4.79 Å². The molecule has 0 spiro atoms. The Kier molecular flexibility index (Phi) is 6.56. The largest absolute Gasteiger partial charge is 0.338 e. The van der Waals surface area contributed by atoms with Crippen molar-refractivity contribution in [2.45, 2.75) is 52.0 Å². The summed E-state index contributed by atoms with van der Waals surface area (Å²) in [4.78, 5) is 14.6. The summed E-state index contributed by atoms with van der Waals surface area (Å²) in [5.74, 6) is 0.608. The van der Waals surface area contributed by atoms with Gasteiger partial charge in [-0.2, -0.15) is 0 Å². The molecule has 0 aliphatic carbocycles. The molecule has 1 aromatic carbocycles. The van der Waals surface area contributed by atoms with Crippen molar-refractivity contribution in [3.63, 3.8) is 0 Å². The van der Waals surface area contributed by atoms with E-state index >= 15 is 0 Å². The molecule has 0 unspecified atom stereocenters. The molecule has 1 aliphatic rings. The molecule has 1 saturated heterocycles. The highest BCUT2D eigenvalue weighted by molar-refractivity contribution is 6.30. The smallest absolute Gasteiger partial charge is 0.317 e. The van der Waals surface area contributed by atoms with E-state index in [2.05, 4.69) is 19.2 Å². The first-order valence-electron chi connectivity index (χ1n) is 8.38. The van der Waals surface area contributed by atoms with E-state index in [-0.39, 0.29) is 12.1 Å². The summed E-state index contributed by atoms with van der Waals surface area (Å²) < 4.78 is 0. The van der Waals surface area contributed by atoms with Gasteiger partial charge < -0.3 is 10.2 Å². The number of nitrogens with zero attached hydrogens (tertiary/aromatic N) is 1. The van der Waals surface area contributed by atoms with Gasteiger partial charge >= 0.3 is 6.03 Å². The molecule has 2 rings (SSSR count). The van der Waals surface area contributed by atoms with E-state index in [9.17, 15) is 4.79 Å². The lowest BCUT2D eigenvalue weighted by Gasteiger charge is -2.30. The lowest BCUT2D eigenvalue weighted by atomic mass is 10.0. The molecule has 1 aromatic rings. The van der Waals surface area contributed by atoms with E-state index in [1.54, 1.807) is 0 Å². The molecule has 0 saturated carbocycles. The molecule has 1 aliphatic heterocycles. The summed E-state index contributed by atoms with van der Waals surface area (Å²) >= 11 is 5.99. The summed E-state index contributed by atoms with van der Waals surface area (Å²) in [6.07, 6.45) is 5.50. The molecular weight excluding hydrogens is 296 g/mol. The maximum Gasteiger partial charge on any atom is 0.317 e. The second kappa shape index (κ2) is 8.42. The molecule has 2 amide bonds. The molecule has 1 fully saturated rings. The molecule has 1 N–H and O–H groups in total. The van der Waals surface area contributed by atoms with E-state index in [1.165, 1.54) is 18.4 Å². The van der Waals surface area contributed by atoms with Crippen LogP contribution in [-0.4, -0.2) is 24.0 Å². The van der Waals surface area contributed by atoms with Gasteiger partial charge in [-0.1, -0.05) is 50.4 Å². The zero-order valence-electron chi connectivity index (χ0n) is 13.6. The van der Waals surface area contributed by atoms with Gasteiger partial charge in [0.05, 0.1) is 6.04 Å². The Morgan fingerprint density at radius 1 is 1.27 bits per heavy atom. The van der Waals surface area contributed by atoms with E-state index < -0.39 is 0 Å². The second-order valence-corrected chi connectivity index (χ2v) is 6.96. The van der Waals surface area contributed by atoms with Gasteiger partial charge in [-0.05, 0) is 42.9 Å². The van der Waals surface area contributed by atoms with Crippen molar-refractivity contribution in [1.29, 1.82) is 0 Å². The van der Waals surface area contributed by atoms with Crippen LogP contribution in [0.5, 0.6) is 0 Å². The molecule has 1 heterocycles. The molecule has 3 nitrogen and oxygen atoms in total. The topological polar surface area (TPSA) is 32.3 Å². The summed E-state index contributed by atoms with van der Waals surface area (Å²) in [5, 5.41) is 3.82. The van der Waals surface area contributed by atoms with Crippen LogP contribution in [0.15, 0.2) is 24.3 Å². The van der Waals surface area contributed by atoms with E-state index in [0.29, 0.717) is 5.92 Å². The van der Waals surface area contributed by atoms with E-state index in [0.717, 1.165) is 37.4 Å². The first-order chi connectivity index (χ1) is 10.6. The highest BCUT2D eigenvalue weighted by Crippen LogP contribution is 2.30. The lowest BCUT2D eigenvalue weighted by Crippen LogP contribution is -2.42. The second-order valence-electron chi connectivity index (χ2n) is 6.52. The fraction of sp³-hybridized carbons (Fsp3) is 0.611. The minimum atomic E-state index is 0.0718. The Morgan fingerprint density at radius 2 is 2.00 bits per heavy atom. The summed E-state index contributed by atoms with van der Waals surface area (Å²) in [6, 6.07) is 8.16. The first kappa shape index (κ1) is 17.1. The summed E-state index contributed by atoms with van der Waals surface area (Å²) in [7, 11) is 0. The number of benzene rings is 1. The van der Waals surface area contributed by atoms with Crippen LogP contribution in [0, 0.1) is 5.92 Å². The van der Waals surface area contributed by atoms with Gasteiger partial charge in [-0.15, -0.1) is 0 Å². The standard InChI is InChI=1S/C18H27ClN2O/c1-14(2)11-12-20-18(22)21-13-5-3-4-6-17(21)15-7-9-16(19)10-8-15/h7-10,14,17H,3-6,11-13H2,1-2H3,(H,20,22)/t17-/m1/s1. The molecule has 22 heavy (non-hydrogen) atoms. The fourth-order valence-corrected chi connectivity index (χ4v) is 3.08. The molecule has 4 heteroatoms. The minimum Gasteiger partial charge on any atom is -0.338 e. The van der Waals surface area contributed by atoms with Crippen LogP contribution in [-0.2, 0) is 0 Å². The maximum atomic E-state index is 12.6. The highest BCUT2D eigenvalue weighted by atomic mass is 35.5. The molecule has 0 aromatic heterocycles. The normalized spacial score (nSPS) is 19.1. The van der Waals surface area contributed by atoms with Crippen LogP contribution in [0.25, 0.3) is 0 Å². The maximum absolute atomic E-state index is 12.6. The van der Waals surface area contributed by atoms with Crippen molar-refractivity contribution in [1.82, 2.24) is 10.2 Å². The van der Waals surface area contributed by atoms with Gasteiger partial charge in [0.15, 0.2) is 0 Å². The third kappa shape index (κ3) is 4.91. The number of nitrogens with one attached hydrogen (secondary N) is 1. The predicted molar refractivity (Wildman–Crippen MR) is 92.2 cm³/mol. The average Bonchev–Trinajstić information content (AvgIpc) is 2.73. The number of halogens is 1. The van der Waals surface area contributed by atoms with Crippen molar-refractivity contribution in [2.24, 2.45) is 5.92 Å². The predicted octanol–water partition coefficient (Wildman–Crippen LogP) is 5.01. The van der Waals surface area contributed by atoms with Crippen molar-refractivity contribution in [3.05, 3.63) is 34.9 Å². The van der Waals surface area contributed by atoms with Gasteiger partial charge in [0.1, 0.15) is 0 Å². The minimum absolute atomic E-state index is 0.0718. The molecule has 0 bridgehead atoms. The highest BCUT2D eigenvalue weighted by Gasteiger charge is 2.26. The Bertz CT molecular complexity index is 472. The Balaban J connectivity index is 2.06. The van der Waals surface area contributed by atoms with Crippen LogP contribution in [0.4, 0.5) is 4.79 Å². The zero-order chi connectivity index (χ0) is 15.9. The summed E-state index contributed by atoms with van der Waals surface area (Å²) in [5.41, 5.74) is 1.19. The van der Waals surface area contributed by atoms with Crippen LogP contribution in [0.2, 0.25) is 5.02 Å². The molecule has 0 radical (unpaired) electrons. The van der Waals surface area contributed by atoms with Crippen molar-refractivity contribution < 1.29 is 4.79 Å². The lowest BCUT2D eigenvalue weighted by molar-refractivity contribution is 0.175. The van der Waals surface area contributed by atoms with Crippen LogP contribution < -0.4 is 5.32 Å². The number of likely N-dealkylation sites (tertiary alicyclic amines) is 1. The van der Waals surface area contributed by atoms with Gasteiger partial charge in [0.2, 0.25) is 0 Å². The van der Waals surface area contributed by atoms with E-state index in [1.807, 2.05) is 29.2 Å². The molecule has 1 atom stereocenters. The summed E-state index contributed by atoms with van der Waals surface area (Å²) in [6.45, 7) is 5.93. The number of urea groups is 1. The van der Waals surface area contributed by atoms with Crippen molar-refractivity contribution >= 4 is 17.6 Å². The monoisotopic (exact) mass is 322 g/mol. The zero-order valence-corrected chi connectivity index (χ0v) is 14.4. The quantitative estimate of drug-likeness (QED) is 0.830. The van der Waals surface area contributed by atoms with Gasteiger partial charge in [0, 0.05) is 18.1 Å².